The van der Waals surface area contributed by atoms with Gasteiger partial charge >= 0.3 is 12.1 Å². The van der Waals surface area contributed by atoms with Crippen molar-refractivity contribution in [2.24, 2.45) is 0 Å². The van der Waals surface area contributed by atoms with Crippen LogP contribution in [0.2, 0.25) is 0 Å². The molecule has 0 radical (unpaired) electrons. The molecule has 126 valence electrons. The first-order valence-electron chi connectivity index (χ1n) is 7.22. The summed E-state index contributed by atoms with van der Waals surface area (Å²) >= 11 is 0. The normalized spacial score (nSPS) is 21.3. The van der Waals surface area contributed by atoms with E-state index in [-0.39, 0.29) is 25.1 Å². The van der Waals surface area contributed by atoms with E-state index in [0.717, 1.165) is 12.1 Å². The molecule has 1 aromatic carbocycles. The zero-order chi connectivity index (χ0) is 17.4. The number of aliphatic carboxylic acids is 1. The van der Waals surface area contributed by atoms with E-state index < -0.39 is 34.7 Å². The number of ether oxygens (including phenoxy) is 1. The van der Waals surface area contributed by atoms with Gasteiger partial charge < -0.3 is 14.7 Å². The number of halogens is 2. The van der Waals surface area contributed by atoms with E-state index in [4.69, 9.17) is 4.74 Å². The Labute approximate surface area is 132 Å². The van der Waals surface area contributed by atoms with Gasteiger partial charge in [-0.1, -0.05) is 6.07 Å². The quantitative estimate of drug-likeness (QED) is 0.907. The standard InChI is InChI=1S/C16H19F2NO4/c1-15(2,3)23-14(22)19-7-6-16(9-19,13(20)21)10-4-5-11(17)12(18)8-10/h4-5,8H,6-7,9H2,1-3H3,(H,20,21). The van der Waals surface area contributed by atoms with Crippen molar-refractivity contribution in [1.29, 1.82) is 0 Å². The maximum atomic E-state index is 13.5. The van der Waals surface area contributed by atoms with Gasteiger partial charge in [0.2, 0.25) is 0 Å². The molecule has 1 heterocycles. The van der Waals surface area contributed by atoms with E-state index >= 15 is 0 Å². The van der Waals surface area contributed by atoms with E-state index in [9.17, 15) is 23.5 Å². The van der Waals surface area contributed by atoms with Crippen LogP contribution in [0.15, 0.2) is 18.2 Å². The molecule has 1 amide bonds. The maximum absolute atomic E-state index is 13.5. The van der Waals surface area contributed by atoms with Crippen molar-refractivity contribution < 1.29 is 28.2 Å². The first-order valence-corrected chi connectivity index (χ1v) is 7.22. The highest BCUT2D eigenvalue weighted by atomic mass is 19.2. The second-order valence-electron chi connectivity index (χ2n) is 6.67. The average Bonchev–Trinajstić information content (AvgIpc) is 2.86. The molecule has 2 rings (SSSR count). The molecule has 7 heteroatoms. The highest BCUT2D eigenvalue weighted by Crippen LogP contribution is 2.36. The molecule has 0 spiro atoms. The molecule has 23 heavy (non-hydrogen) atoms. The largest absolute Gasteiger partial charge is 0.481 e. The summed E-state index contributed by atoms with van der Waals surface area (Å²) in [5.41, 5.74) is -2.03. The minimum absolute atomic E-state index is 0.104. The van der Waals surface area contributed by atoms with Crippen LogP contribution >= 0.6 is 0 Å². The first kappa shape index (κ1) is 17.2. The topological polar surface area (TPSA) is 66.8 Å². The Hall–Kier alpha value is -2.18. The van der Waals surface area contributed by atoms with Crippen LogP contribution in [0.1, 0.15) is 32.8 Å². The molecule has 0 aliphatic carbocycles. The minimum Gasteiger partial charge on any atom is -0.481 e. The van der Waals surface area contributed by atoms with Crippen molar-refractivity contribution >= 4 is 12.1 Å². The van der Waals surface area contributed by atoms with Crippen LogP contribution in [0, 0.1) is 11.6 Å². The van der Waals surface area contributed by atoms with Crippen molar-refractivity contribution in [3.8, 4) is 0 Å². The van der Waals surface area contributed by atoms with Crippen LogP contribution in [-0.4, -0.2) is 40.8 Å². The van der Waals surface area contributed by atoms with Crippen LogP contribution in [0.5, 0.6) is 0 Å². The fraction of sp³-hybridized carbons (Fsp3) is 0.500. The average molecular weight is 327 g/mol. The van der Waals surface area contributed by atoms with Crippen LogP contribution in [0.3, 0.4) is 0 Å². The number of rotatable bonds is 2. The van der Waals surface area contributed by atoms with Gasteiger partial charge in [0.05, 0.1) is 0 Å². The molecule has 1 fully saturated rings. The maximum Gasteiger partial charge on any atom is 0.410 e. The number of amides is 1. The third kappa shape index (κ3) is 3.43. The van der Waals surface area contributed by atoms with Crippen LogP contribution in [0.25, 0.3) is 0 Å². The number of benzene rings is 1. The monoisotopic (exact) mass is 327 g/mol. The Balaban J connectivity index is 2.29. The third-order valence-corrected chi connectivity index (χ3v) is 3.80. The van der Waals surface area contributed by atoms with Gasteiger partial charge in [-0.2, -0.15) is 0 Å². The molecule has 1 unspecified atom stereocenters. The van der Waals surface area contributed by atoms with E-state index in [1.807, 2.05) is 0 Å². The minimum atomic E-state index is -1.47. The number of carbonyl (C=O) groups is 2. The summed E-state index contributed by atoms with van der Waals surface area (Å²) in [6, 6.07) is 3.01. The molecule has 1 N–H and O–H groups in total. The molecule has 1 aliphatic heterocycles. The molecule has 0 bridgehead atoms. The lowest BCUT2D eigenvalue weighted by molar-refractivity contribution is -0.143. The third-order valence-electron chi connectivity index (χ3n) is 3.80. The Morgan fingerprint density at radius 3 is 2.43 bits per heavy atom. The Morgan fingerprint density at radius 2 is 1.91 bits per heavy atom. The van der Waals surface area contributed by atoms with E-state index in [1.54, 1.807) is 20.8 Å². The highest BCUT2D eigenvalue weighted by Gasteiger charge is 2.48. The first-order chi connectivity index (χ1) is 10.5. The van der Waals surface area contributed by atoms with Gasteiger partial charge in [0, 0.05) is 13.1 Å². The fourth-order valence-electron chi connectivity index (χ4n) is 2.62. The summed E-state index contributed by atoms with van der Waals surface area (Å²) in [6.07, 6.45) is -0.518. The van der Waals surface area contributed by atoms with Gasteiger partial charge in [0.15, 0.2) is 11.6 Å². The van der Waals surface area contributed by atoms with Gasteiger partial charge in [-0.05, 0) is 44.9 Å². The molecular formula is C16H19F2NO4. The zero-order valence-corrected chi connectivity index (χ0v) is 13.2. The van der Waals surface area contributed by atoms with Crippen LogP contribution in [-0.2, 0) is 14.9 Å². The summed E-state index contributed by atoms with van der Waals surface area (Å²) in [5.74, 6) is -3.34. The second kappa shape index (κ2) is 5.79. The van der Waals surface area contributed by atoms with Gasteiger partial charge in [-0.15, -0.1) is 0 Å². The Kier molecular flexibility index (Phi) is 4.32. The van der Waals surface area contributed by atoms with Crippen LogP contribution in [0.4, 0.5) is 13.6 Å². The highest BCUT2D eigenvalue weighted by molar-refractivity contribution is 5.84. The Morgan fingerprint density at radius 1 is 1.26 bits per heavy atom. The predicted molar refractivity (Wildman–Crippen MR) is 78.1 cm³/mol. The predicted octanol–water partition coefficient (Wildman–Crippen LogP) is 2.93. The number of carboxylic acid groups (broad SMARTS) is 1. The van der Waals surface area contributed by atoms with Gasteiger partial charge in [0.25, 0.3) is 0 Å². The number of likely N-dealkylation sites (tertiary alicyclic amines) is 1. The lowest BCUT2D eigenvalue weighted by atomic mass is 9.79. The van der Waals surface area contributed by atoms with Gasteiger partial charge in [-0.3, -0.25) is 4.79 Å². The molecule has 1 atom stereocenters. The fourth-order valence-corrected chi connectivity index (χ4v) is 2.62. The van der Waals surface area contributed by atoms with Crippen LogP contribution < -0.4 is 0 Å². The molecule has 1 aliphatic rings. The summed E-state index contributed by atoms with van der Waals surface area (Å²) in [4.78, 5) is 25.2. The summed E-state index contributed by atoms with van der Waals surface area (Å²) in [5, 5.41) is 9.61. The van der Waals surface area contributed by atoms with Crippen molar-refractivity contribution in [1.82, 2.24) is 4.90 Å². The molecule has 5 nitrogen and oxygen atoms in total. The number of hydrogen-bond donors (Lipinski definition) is 1. The van der Waals surface area contributed by atoms with Crippen molar-refractivity contribution in [3.63, 3.8) is 0 Å². The lowest BCUT2D eigenvalue weighted by Gasteiger charge is -2.27. The zero-order valence-electron chi connectivity index (χ0n) is 13.2. The molecule has 1 saturated heterocycles. The van der Waals surface area contributed by atoms with E-state index in [1.165, 1.54) is 11.0 Å². The number of nitrogens with zero attached hydrogens (tertiary/aromatic N) is 1. The van der Waals surface area contributed by atoms with E-state index in [0.29, 0.717) is 0 Å². The molecular weight excluding hydrogens is 308 g/mol. The summed E-state index contributed by atoms with van der Waals surface area (Å²) in [6.45, 7) is 5.14. The summed E-state index contributed by atoms with van der Waals surface area (Å²) < 4.78 is 31.8. The number of hydrogen-bond acceptors (Lipinski definition) is 3. The van der Waals surface area contributed by atoms with Gasteiger partial charge in [-0.25, -0.2) is 13.6 Å². The van der Waals surface area contributed by atoms with Crippen molar-refractivity contribution in [3.05, 3.63) is 35.4 Å². The number of carboxylic acids is 1. The lowest BCUT2D eigenvalue weighted by Crippen LogP contribution is -2.42. The Bertz CT molecular complexity index is 641. The smallest absolute Gasteiger partial charge is 0.410 e. The van der Waals surface area contributed by atoms with Crippen molar-refractivity contribution in [2.75, 3.05) is 13.1 Å². The second-order valence-corrected chi connectivity index (χ2v) is 6.67. The molecule has 1 aromatic rings. The van der Waals surface area contributed by atoms with Crippen molar-refractivity contribution in [2.45, 2.75) is 38.2 Å². The van der Waals surface area contributed by atoms with Gasteiger partial charge in [0.1, 0.15) is 11.0 Å². The van der Waals surface area contributed by atoms with E-state index in [2.05, 4.69) is 0 Å². The molecule has 0 aromatic heterocycles. The SMILES string of the molecule is CC(C)(C)OC(=O)N1CCC(C(=O)O)(c2ccc(F)c(F)c2)C1. The molecule has 0 saturated carbocycles. The summed E-state index contributed by atoms with van der Waals surface area (Å²) in [7, 11) is 0. The number of carbonyl (C=O) groups excluding carboxylic acids is 1.